The van der Waals surface area contributed by atoms with Gasteiger partial charge in [0.2, 0.25) is 0 Å². The zero-order valence-corrected chi connectivity index (χ0v) is 10.9. The summed E-state index contributed by atoms with van der Waals surface area (Å²) in [5.74, 6) is -0.571. The Bertz CT molecular complexity index is 421. The fourth-order valence-corrected chi connectivity index (χ4v) is 1.29. The van der Waals surface area contributed by atoms with E-state index < -0.39 is 11.9 Å². The average Bonchev–Trinajstić information content (AvgIpc) is 2.30. The van der Waals surface area contributed by atoms with E-state index in [0.717, 1.165) is 0 Å². The van der Waals surface area contributed by atoms with E-state index in [1.54, 1.807) is 6.92 Å². The summed E-state index contributed by atoms with van der Waals surface area (Å²) in [4.78, 5) is 11.7. The number of benzene rings is 1. The van der Waals surface area contributed by atoms with Gasteiger partial charge in [0.05, 0.1) is 5.69 Å². The predicted octanol–water partition coefficient (Wildman–Crippen LogP) is 2.41. The first kappa shape index (κ1) is 14.4. The van der Waals surface area contributed by atoms with Crippen molar-refractivity contribution in [2.75, 3.05) is 17.7 Å². The molecule has 0 aliphatic heterocycles. The highest BCUT2D eigenvalue weighted by Crippen LogP contribution is 2.17. The summed E-state index contributed by atoms with van der Waals surface area (Å²) in [6.07, 6.45) is -0.631. The number of nitrogen functional groups attached to an aromatic ring is 1. The number of ether oxygens (including phenoxy) is 1. The molecule has 0 radical (unpaired) electrons. The van der Waals surface area contributed by atoms with E-state index >= 15 is 0 Å². The molecule has 0 spiro atoms. The summed E-state index contributed by atoms with van der Waals surface area (Å²) in [7, 11) is 0. The van der Waals surface area contributed by atoms with Crippen molar-refractivity contribution in [3.05, 3.63) is 24.0 Å². The number of hydrogen-bond acceptors (Lipinski definition) is 3. The lowest BCUT2D eigenvalue weighted by Gasteiger charge is -2.15. The molecular formula is C13H19FN2O2. The van der Waals surface area contributed by atoms with Gasteiger partial charge in [-0.05, 0) is 31.0 Å². The van der Waals surface area contributed by atoms with Crippen LogP contribution >= 0.6 is 0 Å². The molecule has 3 N–H and O–H groups in total. The first-order valence-electron chi connectivity index (χ1n) is 5.87. The molecule has 0 aromatic heterocycles. The van der Waals surface area contributed by atoms with Gasteiger partial charge < -0.3 is 15.8 Å². The zero-order chi connectivity index (χ0) is 13.7. The quantitative estimate of drug-likeness (QED) is 0.793. The second kappa shape index (κ2) is 6.35. The van der Waals surface area contributed by atoms with E-state index in [9.17, 15) is 9.18 Å². The van der Waals surface area contributed by atoms with Gasteiger partial charge in [0.25, 0.3) is 5.91 Å². The van der Waals surface area contributed by atoms with Crippen molar-refractivity contribution >= 4 is 17.3 Å². The number of carbonyl (C=O) groups is 1. The first-order chi connectivity index (χ1) is 8.40. The number of rotatable bonds is 5. The molecule has 1 atom stereocenters. The Kier molecular flexibility index (Phi) is 5.09. The maximum absolute atomic E-state index is 13.4. The molecule has 5 heteroatoms. The first-order valence-corrected chi connectivity index (χ1v) is 5.87. The molecular weight excluding hydrogens is 235 g/mol. The van der Waals surface area contributed by atoms with Gasteiger partial charge in [0, 0.05) is 12.3 Å². The van der Waals surface area contributed by atoms with Crippen molar-refractivity contribution in [3.8, 4) is 0 Å². The molecule has 0 saturated carbocycles. The van der Waals surface area contributed by atoms with Crippen molar-refractivity contribution < 1.29 is 13.9 Å². The summed E-state index contributed by atoms with van der Waals surface area (Å²) >= 11 is 0. The van der Waals surface area contributed by atoms with Crippen LogP contribution in [0.4, 0.5) is 15.8 Å². The van der Waals surface area contributed by atoms with E-state index in [-0.39, 0.29) is 11.6 Å². The van der Waals surface area contributed by atoms with Gasteiger partial charge in [0.1, 0.15) is 11.9 Å². The van der Waals surface area contributed by atoms with Crippen LogP contribution in [0.3, 0.4) is 0 Å². The van der Waals surface area contributed by atoms with Gasteiger partial charge in [-0.2, -0.15) is 0 Å². The second-order valence-corrected chi connectivity index (χ2v) is 4.60. The third kappa shape index (κ3) is 4.33. The Morgan fingerprint density at radius 3 is 2.72 bits per heavy atom. The third-order valence-electron chi connectivity index (χ3n) is 2.30. The molecule has 0 aliphatic carbocycles. The highest BCUT2D eigenvalue weighted by atomic mass is 19.1. The van der Waals surface area contributed by atoms with Gasteiger partial charge in [-0.15, -0.1) is 0 Å². The number of carbonyl (C=O) groups excluding carboxylic acids is 1. The summed E-state index contributed by atoms with van der Waals surface area (Å²) < 4.78 is 18.7. The molecule has 4 nitrogen and oxygen atoms in total. The van der Waals surface area contributed by atoms with E-state index in [2.05, 4.69) is 5.32 Å². The normalized spacial score (nSPS) is 12.5. The lowest BCUT2D eigenvalue weighted by Crippen LogP contribution is -2.29. The van der Waals surface area contributed by atoms with Gasteiger partial charge >= 0.3 is 0 Å². The minimum absolute atomic E-state index is 0.0694. The van der Waals surface area contributed by atoms with E-state index in [4.69, 9.17) is 10.5 Å². The molecule has 0 fully saturated rings. The van der Waals surface area contributed by atoms with Crippen LogP contribution in [0.25, 0.3) is 0 Å². The maximum Gasteiger partial charge on any atom is 0.253 e. The molecule has 100 valence electrons. The van der Waals surface area contributed by atoms with Gasteiger partial charge in [0.15, 0.2) is 0 Å². The van der Waals surface area contributed by atoms with Crippen LogP contribution < -0.4 is 11.1 Å². The summed E-state index contributed by atoms with van der Waals surface area (Å²) in [5, 5.41) is 2.46. The molecule has 0 aliphatic rings. The topological polar surface area (TPSA) is 64.3 Å². The van der Waals surface area contributed by atoms with Crippen molar-refractivity contribution in [3.63, 3.8) is 0 Å². The van der Waals surface area contributed by atoms with Crippen LogP contribution in [0.15, 0.2) is 18.2 Å². The van der Waals surface area contributed by atoms with Crippen molar-refractivity contribution in [2.24, 2.45) is 5.92 Å². The number of halogens is 1. The number of nitrogens with one attached hydrogen (secondary N) is 1. The highest BCUT2D eigenvalue weighted by molar-refractivity contribution is 5.94. The number of hydrogen-bond donors (Lipinski definition) is 2. The van der Waals surface area contributed by atoms with Crippen LogP contribution in [0.1, 0.15) is 20.8 Å². The van der Waals surface area contributed by atoms with Crippen LogP contribution in [-0.2, 0) is 9.53 Å². The van der Waals surface area contributed by atoms with Gasteiger partial charge in [-0.3, -0.25) is 4.79 Å². The largest absolute Gasteiger partial charge is 0.399 e. The summed E-state index contributed by atoms with van der Waals surface area (Å²) in [5.41, 5.74) is 5.99. The Morgan fingerprint density at radius 2 is 2.11 bits per heavy atom. The smallest absolute Gasteiger partial charge is 0.253 e. The molecule has 1 amide bonds. The SMILES string of the molecule is CC(C)COC(C)C(=O)Nc1cc(N)ccc1F. The third-order valence-corrected chi connectivity index (χ3v) is 2.30. The predicted molar refractivity (Wildman–Crippen MR) is 69.7 cm³/mol. The lowest BCUT2D eigenvalue weighted by molar-refractivity contribution is -0.126. The van der Waals surface area contributed by atoms with Crippen LogP contribution in [0.5, 0.6) is 0 Å². The molecule has 1 unspecified atom stereocenters. The Labute approximate surface area is 106 Å². The van der Waals surface area contributed by atoms with E-state index in [0.29, 0.717) is 18.2 Å². The Balaban J connectivity index is 2.61. The van der Waals surface area contributed by atoms with E-state index in [1.807, 2.05) is 13.8 Å². The van der Waals surface area contributed by atoms with Crippen molar-refractivity contribution in [2.45, 2.75) is 26.9 Å². The van der Waals surface area contributed by atoms with Crippen LogP contribution in [0, 0.1) is 11.7 Å². The Morgan fingerprint density at radius 1 is 1.44 bits per heavy atom. The van der Waals surface area contributed by atoms with E-state index in [1.165, 1.54) is 18.2 Å². The number of nitrogens with two attached hydrogens (primary N) is 1. The lowest BCUT2D eigenvalue weighted by atomic mass is 10.2. The summed E-state index contributed by atoms with van der Waals surface area (Å²) in [6.45, 7) is 6.08. The molecule has 18 heavy (non-hydrogen) atoms. The molecule has 0 bridgehead atoms. The number of amides is 1. The van der Waals surface area contributed by atoms with Crippen molar-refractivity contribution in [1.82, 2.24) is 0 Å². The van der Waals surface area contributed by atoms with Gasteiger partial charge in [-0.25, -0.2) is 4.39 Å². The molecule has 0 saturated heterocycles. The van der Waals surface area contributed by atoms with Gasteiger partial charge in [-0.1, -0.05) is 13.8 Å². The minimum atomic E-state index is -0.631. The van der Waals surface area contributed by atoms with Crippen molar-refractivity contribution in [1.29, 1.82) is 0 Å². The minimum Gasteiger partial charge on any atom is -0.399 e. The fourth-order valence-electron chi connectivity index (χ4n) is 1.29. The molecule has 1 aromatic rings. The summed E-state index contributed by atoms with van der Waals surface area (Å²) in [6, 6.07) is 4.02. The highest BCUT2D eigenvalue weighted by Gasteiger charge is 2.15. The van der Waals surface area contributed by atoms with Crippen LogP contribution in [0.2, 0.25) is 0 Å². The standard InChI is InChI=1S/C13H19FN2O2/c1-8(2)7-18-9(3)13(17)16-12-6-10(15)4-5-11(12)14/h4-6,8-9H,7,15H2,1-3H3,(H,16,17). The zero-order valence-electron chi connectivity index (χ0n) is 10.9. The molecule has 1 aromatic carbocycles. The van der Waals surface area contributed by atoms with Crippen LogP contribution in [-0.4, -0.2) is 18.6 Å². The number of anilines is 2. The average molecular weight is 254 g/mol. The maximum atomic E-state index is 13.4. The second-order valence-electron chi connectivity index (χ2n) is 4.60. The Hall–Kier alpha value is -1.62. The fraction of sp³-hybridized carbons (Fsp3) is 0.462. The monoisotopic (exact) mass is 254 g/mol. The molecule has 0 heterocycles. The molecule has 1 rings (SSSR count).